The number of fused-ring (bicyclic) bond motifs is 1. The normalized spacial score (nSPS) is 15.1. The number of hydrogen-bond donors (Lipinski definition) is 2. The van der Waals surface area contributed by atoms with Crippen LogP contribution in [0.25, 0.3) is 0 Å². The number of para-hydroxylation sites is 3. The van der Waals surface area contributed by atoms with E-state index in [0.29, 0.717) is 47.6 Å². The van der Waals surface area contributed by atoms with E-state index < -0.39 is 6.04 Å². The van der Waals surface area contributed by atoms with Crippen LogP contribution in [0.4, 0.5) is 11.6 Å². The predicted octanol–water partition coefficient (Wildman–Crippen LogP) is 3.40. The summed E-state index contributed by atoms with van der Waals surface area (Å²) in [5.41, 5.74) is 2.53. The molecule has 2 heterocycles. The maximum absolute atomic E-state index is 13.5. The van der Waals surface area contributed by atoms with Gasteiger partial charge in [-0.15, -0.1) is 0 Å². The van der Waals surface area contributed by atoms with E-state index in [-0.39, 0.29) is 5.91 Å². The molecule has 160 valence electrons. The van der Waals surface area contributed by atoms with Crippen molar-refractivity contribution in [2.75, 3.05) is 23.8 Å². The number of aromatic nitrogens is 4. The molecule has 4 rings (SSSR count). The van der Waals surface area contributed by atoms with Crippen LogP contribution >= 0.6 is 0 Å². The maximum atomic E-state index is 13.5. The molecule has 1 unspecified atom stereocenters. The minimum Gasteiger partial charge on any atom is -0.494 e. The number of rotatable bonds is 7. The van der Waals surface area contributed by atoms with Gasteiger partial charge in [-0.2, -0.15) is 4.68 Å². The molecule has 0 aliphatic carbocycles. The van der Waals surface area contributed by atoms with E-state index in [9.17, 15) is 4.79 Å². The van der Waals surface area contributed by atoms with Crippen molar-refractivity contribution in [2.45, 2.75) is 26.8 Å². The Balaban J connectivity index is 1.77. The lowest BCUT2D eigenvalue weighted by molar-refractivity contribution is -0.113. The van der Waals surface area contributed by atoms with Gasteiger partial charge in [-0.25, -0.2) is 0 Å². The van der Waals surface area contributed by atoms with Gasteiger partial charge in [0.25, 0.3) is 5.91 Å². The lowest BCUT2D eigenvalue weighted by Crippen LogP contribution is -2.32. The number of nitrogens with zero attached hydrogens (tertiary/aromatic N) is 4. The Bertz CT molecular complexity index is 1120. The molecule has 1 aliphatic rings. The van der Waals surface area contributed by atoms with Gasteiger partial charge in [0.05, 0.1) is 24.5 Å². The minimum atomic E-state index is -0.562. The topological polar surface area (TPSA) is 103 Å². The zero-order valence-electron chi connectivity index (χ0n) is 17.6. The van der Waals surface area contributed by atoms with Gasteiger partial charge in [-0.1, -0.05) is 35.4 Å². The van der Waals surface area contributed by atoms with Crippen LogP contribution in [-0.4, -0.2) is 39.3 Å². The highest BCUT2D eigenvalue weighted by Gasteiger charge is 2.35. The van der Waals surface area contributed by atoms with Gasteiger partial charge in [-0.05, 0) is 49.4 Å². The molecule has 0 bridgehead atoms. The third-order valence-corrected chi connectivity index (χ3v) is 4.91. The van der Waals surface area contributed by atoms with Crippen molar-refractivity contribution in [3.8, 4) is 11.5 Å². The van der Waals surface area contributed by atoms with E-state index in [1.807, 2.05) is 63.2 Å². The lowest BCUT2D eigenvalue weighted by Gasteiger charge is -2.29. The summed E-state index contributed by atoms with van der Waals surface area (Å²) in [5, 5.41) is 18.1. The Morgan fingerprint density at radius 1 is 1.06 bits per heavy atom. The Labute approximate surface area is 180 Å². The SMILES string of the molecule is CCOc1ccccc1NC(=O)C1=C(C)Nc2nnnn2C1c1ccccc1OCC. The minimum absolute atomic E-state index is 0.283. The molecule has 3 aromatic rings. The number of tetrazole rings is 1. The molecule has 0 radical (unpaired) electrons. The maximum Gasteiger partial charge on any atom is 0.255 e. The molecule has 9 nitrogen and oxygen atoms in total. The fourth-order valence-electron chi connectivity index (χ4n) is 3.63. The number of amides is 1. The van der Waals surface area contributed by atoms with Gasteiger partial charge < -0.3 is 20.1 Å². The monoisotopic (exact) mass is 420 g/mol. The summed E-state index contributed by atoms with van der Waals surface area (Å²) in [5.74, 6) is 1.45. The summed E-state index contributed by atoms with van der Waals surface area (Å²) in [7, 11) is 0. The number of nitrogens with one attached hydrogen (secondary N) is 2. The molecule has 1 atom stereocenters. The van der Waals surface area contributed by atoms with Crippen LogP contribution in [0, 0.1) is 0 Å². The average molecular weight is 420 g/mol. The highest BCUT2D eigenvalue weighted by Crippen LogP contribution is 2.39. The molecule has 9 heteroatoms. The summed E-state index contributed by atoms with van der Waals surface area (Å²) in [6.45, 7) is 6.64. The second-order valence-corrected chi connectivity index (χ2v) is 6.87. The van der Waals surface area contributed by atoms with Gasteiger partial charge in [0.1, 0.15) is 17.5 Å². The zero-order chi connectivity index (χ0) is 21.8. The van der Waals surface area contributed by atoms with E-state index >= 15 is 0 Å². The van der Waals surface area contributed by atoms with Gasteiger partial charge in [0.15, 0.2) is 0 Å². The van der Waals surface area contributed by atoms with Crippen molar-refractivity contribution in [3.63, 3.8) is 0 Å². The van der Waals surface area contributed by atoms with E-state index in [1.165, 1.54) is 0 Å². The molecule has 2 N–H and O–H groups in total. The highest BCUT2D eigenvalue weighted by atomic mass is 16.5. The molecule has 0 fully saturated rings. The number of benzene rings is 2. The van der Waals surface area contributed by atoms with Crippen LogP contribution < -0.4 is 20.1 Å². The summed E-state index contributed by atoms with van der Waals surface area (Å²) in [6, 6.07) is 14.4. The van der Waals surface area contributed by atoms with Crippen molar-refractivity contribution in [1.29, 1.82) is 0 Å². The van der Waals surface area contributed by atoms with Crippen LogP contribution in [0.3, 0.4) is 0 Å². The molecule has 1 amide bonds. The van der Waals surface area contributed by atoms with Gasteiger partial charge >= 0.3 is 0 Å². The highest BCUT2D eigenvalue weighted by molar-refractivity contribution is 6.06. The van der Waals surface area contributed by atoms with E-state index in [1.54, 1.807) is 10.7 Å². The van der Waals surface area contributed by atoms with Gasteiger partial charge in [-0.3, -0.25) is 4.79 Å². The Hall–Kier alpha value is -3.88. The Kier molecular flexibility index (Phi) is 5.83. The number of carbonyl (C=O) groups is 1. The summed E-state index contributed by atoms with van der Waals surface area (Å²) >= 11 is 0. The fraction of sp³-hybridized carbons (Fsp3) is 0.273. The third kappa shape index (κ3) is 3.94. The van der Waals surface area contributed by atoms with Crippen LogP contribution in [-0.2, 0) is 4.79 Å². The molecule has 0 saturated heterocycles. The number of allylic oxidation sites excluding steroid dienone is 1. The van der Waals surface area contributed by atoms with Crippen LogP contribution in [0.1, 0.15) is 32.4 Å². The first-order chi connectivity index (χ1) is 15.1. The van der Waals surface area contributed by atoms with Crippen LogP contribution in [0.2, 0.25) is 0 Å². The largest absolute Gasteiger partial charge is 0.494 e. The number of carbonyl (C=O) groups excluding carboxylic acids is 1. The van der Waals surface area contributed by atoms with Crippen molar-refractivity contribution in [2.24, 2.45) is 0 Å². The predicted molar refractivity (Wildman–Crippen MR) is 116 cm³/mol. The molecule has 1 aliphatic heterocycles. The quantitative estimate of drug-likeness (QED) is 0.604. The fourth-order valence-corrected chi connectivity index (χ4v) is 3.63. The summed E-state index contributed by atoms with van der Waals surface area (Å²) in [4.78, 5) is 13.5. The number of ether oxygens (including phenoxy) is 2. The molecule has 1 aromatic heterocycles. The Morgan fingerprint density at radius 2 is 1.74 bits per heavy atom. The third-order valence-electron chi connectivity index (χ3n) is 4.91. The first-order valence-corrected chi connectivity index (χ1v) is 10.1. The average Bonchev–Trinajstić information content (AvgIpc) is 3.23. The van der Waals surface area contributed by atoms with E-state index in [4.69, 9.17) is 9.47 Å². The second-order valence-electron chi connectivity index (χ2n) is 6.87. The Morgan fingerprint density at radius 3 is 2.52 bits per heavy atom. The van der Waals surface area contributed by atoms with Crippen LogP contribution in [0.15, 0.2) is 59.8 Å². The first-order valence-electron chi connectivity index (χ1n) is 10.1. The number of hydrogen-bond acceptors (Lipinski definition) is 7. The van der Waals surface area contributed by atoms with Gasteiger partial charge in [0, 0.05) is 11.3 Å². The standard InChI is InChI=1S/C22H24N6O3/c1-4-30-17-12-8-6-10-15(17)20-19(14(3)23-22-25-26-27-28(20)22)21(29)24-16-11-7-9-13-18(16)31-5-2/h6-13,20H,4-5H2,1-3H3,(H,24,29)(H,23,25,27). The van der Waals surface area contributed by atoms with Crippen molar-refractivity contribution in [3.05, 3.63) is 65.4 Å². The smallest absolute Gasteiger partial charge is 0.255 e. The van der Waals surface area contributed by atoms with Gasteiger partial charge in [0.2, 0.25) is 5.95 Å². The lowest BCUT2D eigenvalue weighted by atomic mass is 9.94. The summed E-state index contributed by atoms with van der Waals surface area (Å²) < 4.78 is 13.1. The van der Waals surface area contributed by atoms with E-state index in [0.717, 1.165) is 5.56 Å². The van der Waals surface area contributed by atoms with Crippen molar-refractivity contribution >= 4 is 17.5 Å². The zero-order valence-corrected chi connectivity index (χ0v) is 17.6. The van der Waals surface area contributed by atoms with Crippen LogP contribution in [0.5, 0.6) is 11.5 Å². The molecule has 0 saturated carbocycles. The van der Waals surface area contributed by atoms with Crippen molar-refractivity contribution in [1.82, 2.24) is 20.2 Å². The molecular formula is C22H24N6O3. The first kappa shape index (κ1) is 20.4. The molecular weight excluding hydrogens is 396 g/mol. The second kappa shape index (κ2) is 8.86. The molecule has 0 spiro atoms. The number of anilines is 2. The summed E-state index contributed by atoms with van der Waals surface area (Å²) in [6.07, 6.45) is 0. The molecule has 2 aromatic carbocycles. The van der Waals surface area contributed by atoms with Crippen molar-refractivity contribution < 1.29 is 14.3 Å². The molecule has 31 heavy (non-hydrogen) atoms. The van der Waals surface area contributed by atoms with E-state index in [2.05, 4.69) is 26.2 Å².